The van der Waals surface area contributed by atoms with Gasteiger partial charge in [0.05, 0.1) is 5.92 Å². The highest BCUT2D eigenvalue weighted by Crippen LogP contribution is 2.42. The van der Waals surface area contributed by atoms with E-state index in [1.807, 2.05) is 12.1 Å². The van der Waals surface area contributed by atoms with Crippen molar-refractivity contribution in [3.05, 3.63) is 35.5 Å². The summed E-state index contributed by atoms with van der Waals surface area (Å²) in [5.74, 6) is 5.55. The van der Waals surface area contributed by atoms with Gasteiger partial charge in [0, 0.05) is 16.6 Å². The number of nitrogens with two attached hydrogens (primary N) is 1. The zero-order valence-corrected chi connectivity index (χ0v) is 10.4. The van der Waals surface area contributed by atoms with Gasteiger partial charge in [0.15, 0.2) is 0 Å². The monoisotopic (exact) mass is 243 g/mol. The zero-order valence-electron chi connectivity index (χ0n) is 10.4. The molecule has 94 valence electrons. The van der Waals surface area contributed by atoms with Crippen LogP contribution in [0.3, 0.4) is 0 Å². The van der Waals surface area contributed by atoms with E-state index < -0.39 is 0 Å². The lowest BCUT2D eigenvalue weighted by atomic mass is 9.80. The lowest BCUT2D eigenvalue weighted by Crippen LogP contribution is -2.36. The molecule has 4 N–H and O–H groups in total. The van der Waals surface area contributed by atoms with E-state index in [1.165, 1.54) is 5.69 Å². The number of aromatic amines is 1. The Balaban J connectivity index is 2.23. The van der Waals surface area contributed by atoms with E-state index in [0.29, 0.717) is 5.92 Å². The predicted octanol–water partition coefficient (Wildman–Crippen LogP) is 2.14. The maximum absolute atomic E-state index is 11.9. The van der Waals surface area contributed by atoms with E-state index in [-0.39, 0.29) is 11.8 Å². The van der Waals surface area contributed by atoms with Gasteiger partial charge in [-0.1, -0.05) is 25.1 Å². The third-order valence-corrected chi connectivity index (χ3v) is 3.97. The van der Waals surface area contributed by atoms with E-state index in [9.17, 15) is 4.79 Å². The van der Waals surface area contributed by atoms with Gasteiger partial charge in [-0.05, 0) is 30.4 Å². The largest absolute Gasteiger partial charge is 0.358 e. The lowest BCUT2D eigenvalue weighted by Gasteiger charge is -2.25. The van der Waals surface area contributed by atoms with E-state index in [0.717, 1.165) is 29.3 Å². The number of aromatic nitrogens is 1. The average Bonchev–Trinajstić information content (AvgIpc) is 2.79. The molecule has 1 heterocycles. The second kappa shape index (κ2) is 4.14. The van der Waals surface area contributed by atoms with Gasteiger partial charge in [-0.25, -0.2) is 5.84 Å². The van der Waals surface area contributed by atoms with Crippen molar-refractivity contribution in [1.82, 2.24) is 10.4 Å². The van der Waals surface area contributed by atoms with Crippen molar-refractivity contribution >= 4 is 16.8 Å². The Bertz CT molecular complexity index is 602. The number of carbonyl (C=O) groups is 1. The fourth-order valence-electron chi connectivity index (χ4n) is 3.02. The first kappa shape index (κ1) is 11.3. The number of rotatable bonds is 1. The van der Waals surface area contributed by atoms with E-state index in [1.54, 1.807) is 0 Å². The predicted molar refractivity (Wildman–Crippen MR) is 71.0 cm³/mol. The maximum atomic E-state index is 11.9. The molecular weight excluding hydrogens is 226 g/mol. The van der Waals surface area contributed by atoms with Gasteiger partial charge in [0.25, 0.3) is 0 Å². The minimum absolute atomic E-state index is 0.0899. The Morgan fingerprint density at radius 1 is 1.39 bits per heavy atom. The average molecular weight is 243 g/mol. The summed E-state index contributed by atoms with van der Waals surface area (Å²) >= 11 is 0. The van der Waals surface area contributed by atoms with Crippen molar-refractivity contribution in [1.29, 1.82) is 0 Å². The highest BCUT2D eigenvalue weighted by Gasteiger charge is 2.32. The molecule has 1 amide bonds. The summed E-state index contributed by atoms with van der Waals surface area (Å²) < 4.78 is 0. The van der Waals surface area contributed by atoms with Gasteiger partial charge in [-0.2, -0.15) is 0 Å². The van der Waals surface area contributed by atoms with Crippen molar-refractivity contribution in [2.45, 2.75) is 31.6 Å². The fraction of sp³-hybridized carbons (Fsp3) is 0.357. The molecule has 0 aliphatic heterocycles. The van der Waals surface area contributed by atoms with Crippen molar-refractivity contribution < 1.29 is 4.79 Å². The Labute approximate surface area is 106 Å². The molecular formula is C14H17N3O. The molecule has 1 aromatic heterocycles. The minimum atomic E-state index is -0.127. The number of para-hydroxylation sites is 1. The molecule has 0 bridgehead atoms. The lowest BCUT2D eigenvalue weighted by molar-refractivity contribution is -0.122. The highest BCUT2D eigenvalue weighted by atomic mass is 16.2. The summed E-state index contributed by atoms with van der Waals surface area (Å²) in [5.41, 5.74) is 5.72. The second-order valence-corrected chi connectivity index (χ2v) is 5.04. The SMILES string of the molecule is CC1CCC(C(=O)NN)c2c1[nH]c1ccccc21. The Morgan fingerprint density at radius 3 is 2.94 bits per heavy atom. The molecule has 18 heavy (non-hydrogen) atoms. The molecule has 0 saturated heterocycles. The summed E-state index contributed by atoms with van der Waals surface area (Å²) in [5, 5.41) is 1.15. The third kappa shape index (κ3) is 1.53. The van der Waals surface area contributed by atoms with E-state index in [2.05, 4.69) is 29.5 Å². The van der Waals surface area contributed by atoms with Crippen LogP contribution in [0.1, 0.15) is 42.9 Å². The summed E-state index contributed by atoms with van der Waals surface area (Å²) in [4.78, 5) is 15.4. The molecule has 2 atom stereocenters. The quantitative estimate of drug-likeness (QED) is 0.408. The molecule has 3 rings (SSSR count). The minimum Gasteiger partial charge on any atom is -0.358 e. The van der Waals surface area contributed by atoms with Gasteiger partial charge in [0.1, 0.15) is 0 Å². The number of amides is 1. The first-order chi connectivity index (χ1) is 8.72. The number of hydrogen-bond donors (Lipinski definition) is 3. The van der Waals surface area contributed by atoms with Crippen LogP contribution < -0.4 is 11.3 Å². The molecule has 4 heteroatoms. The van der Waals surface area contributed by atoms with Crippen molar-refractivity contribution in [3.8, 4) is 0 Å². The third-order valence-electron chi connectivity index (χ3n) is 3.97. The van der Waals surface area contributed by atoms with Gasteiger partial charge in [0.2, 0.25) is 5.91 Å². The van der Waals surface area contributed by atoms with Crippen LogP contribution in [-0.4, -0.2) is 10.9 Å². The molecule has 0 fully saturated rings. The number of benzene rings is 1. The Kier molecular flexibility index (Phi) is 2.59. The summed E-state index contributed by atoms with van der Waals surface area (Å²) in [7, 11) is 0. The number of hydrazine groups is 1. The van der Waals surface area contributed by atoms with Crippen LogP contribution in [0.4, 0.5) is 0 Å². The standard InChI is InChI=1S/C14H17N3O/c1-8-6-7-10(14(18)17-15)12-9-4-2-3-5-11(9)16-13(8)12/h2-5,8,10,16H,6-7,15H2,1H3,(H,17,18). The van der Waals surface area contributed by atoms with Gasteiger partial charge >= 0.3 is 0 Å². The molecule has 4 nitrogen and oxygen atoms in total. The Morgan fingerprint density at radius 2 is 2.17 bits per heavy atom. The smallest absolute Gasteiger partial charge is 0.241 e. The van der Waals surface area contributed by atoms with Crippen molar-refractivity contribution in [3.63, 3.8) is 0 Å². The normalized spacial score (nSPS) is 22.8. The first-order valence-electron chi connectivity index (χ1n) is 6.33. The maximum Gasteiger partial charge on any atom is 0.241 e. The van der Waals surface area contributed by atoms with Crippen LogP contribution in [0.25, 0.3) is 10.9 Å². The Hall–Kier alpha value is -1.81. The topological polar surface area (TPSA) is 70.9 Å². The van der Waals surface area contributed by atoms with E-state index >= 15 is 0 Å². The van der Waals surface area contributed by atoms with E-state index in [4.69, 9.17) is 5.84 Å². The van der Waals surface area contributed by atoms with Crippen LogP contribution in [0.2, 0.25) is 0 Å². The van der Waals surface area contributed by atoms with Gasteiger partial charge in [-0.15, -0.1) is 0 Å². The number of carbonyl (C=O) groups excluding carboxylic acids is 1. The molecule has 1 aliphatic carbocycles. The summed E-state index contributed by atoms with van der Waals surface area (Å²) in [6.07, 6.45) is 1.87. The molecule has 1 aliphatic rings. The van der Waals surface area contributed by atoms with Crippen LogP contribution in [0.15, 0.2) is 24.3 Å². The van der Waals surface area contributed by atoms with Crippen LogP contribution in [0, 0.1) is 0 Å². The zero-order chi connectivity index (χ0) is 12.7. The second-order valence-electron chi connectivity index (χ2n) is 5.04. The highest BCUT2D eigenvalue weighted by molar-refractivity contribution is 5.93. The van der Waals surface area contributed by atoms with Gasteiger partial charge < -0.3 is 4.98 Å². The molecule has 0 spiro atoms. The van der Waals surface area contributed by atoms with Crippen molar-refractivity contribution in [2.75, 3.05) is 0 Å². The van der Waals surface area contributed by atoms with Crippen LogP contribution >= 0.6 is 0 Å². The molecule has 2 unspecified atom stereocenters. The van der Waals surface area contributed by atoms with Crippen LogP contribution in [0.5, 0.6) is 0 Å². The number of fused-ring (bicyclic) bond motifs is 3. The van der Waals surface area contributed by atoms with Crippen LogP contribution in [-0.2, 0) is 4.79 Å². The molecule has 0 radical (unpaired) electrons. The number of hydrogen-bond acceptors (Lipinski definition) is 2. The van der Waals surface area contributed by atoms with Gasteiger partial charge in [-0.3, -0.25) is 10.2 Å². The van der Waals surface area contributed by atoms with Crippen molar-refractivity contribution in [2.24, 2.45) is 5.84 Å². The molecule has 1 aromatic carbocycles. The fourth-order valence-corrected chi connectivity index (χ4v) is 3.02. The number of nitrogens with one attached hydrogen (secondary N) is 2. The molecule has 2 aromatic rings. The first-order valence-corrected chi connectivity index (χ1v) is 6.33. The molecule has 0 saturated carbocycles. The summed E-state index contributed by atoms with van der Waals surface area (Å²) in [6, 6.07) is 8.14. The summed E-state index contributed by atoms with van der Waals surface area (Å²) in [6.45, 7) is 2.20. The number of H-pyrrole nitrogens is 1.